The van der Waals surface area contributed by atoms with Crippen LogP contribution < -0.4 is 5.32 Å². The van der Waals surface area contributed by atoms with Gasteiger partial charge in [-0.2, -0.15) is 0 Å². The molecule has 9 heteroatoms. The van der Waals surface area contributed by atoms with E-state index < -0.39 is 22.6 Å². The highest BCUT2D eigenvalue weighted by Crippen LogP contribution is 2.25. The van der Waals surface area contributed by atoms with Crippen molar-refractivity contribution in [1.82, 2.24) is 9.88 Å². The predicted molar refractivity (Wildman–Crippen MR) is 80.4 cm³/mol. The van der Waals surface area contributed by atoms with Gasteiger partial charge in [0.25, 0.3) is 0 Å². The molecule has 0 aliphatic carbocycles. The molecule has 1 N–H and O–H groups in total. The third-order valence-corrected chi connectivity index (χ3v) is 3.77. The van der Waals surface area contributed by atoms with Gasteiger partial charge in [-0.1, -0.05) is 0 Å². The minimum Gasteiger partial charge on any atom is -0.320 e. The fraction of sp³-hybridized carbons (Fsp3) is 0.200. The van der Waals surface area contributed by atoms with Crippen molar-refractivity contribution >= 4 is 17.4 Å². The van der Waals surface area contributed by atoms with Gasteiger partial charge in [-0.15, -0.1) is 0 Å². The first kappa shape index (κ1) is 15.8. The van der Waals surface area contributed by atoms with E-state index in [-0.39, 0.29) is 30.9 Å². The molecule has 0 fully saturated rings. The number of fused-ring (bicyclic) bond motifs is 1. The molecule has 1 aromatic heterocycles. The van der Waals surface area contributed by atoms with Crippen LogP contribution in [0.25, 0.3) is 0 Å². The quantitative estimate of drug-likeness (QED) is 0.675. The number of hydrogen-bond donors (Lipinski definition) is 1. The fourth-order valence-corrected chi connectivity index (χ4v) is 2.61. The number of aromatic nitrogens is 1. The Morgan fingerprint density at radius 2 is 2.17 bits per heavy atom. The Morgan fingerprint density at radius 3 is 2.92 bits per heavy atom. The van der Waals surface area contributed by atoms with Gasteiger partial charge in [-0.05, 0) is 29.7 Å². The lowest BCUT2D eigenvalue weighted by Gasteiger charge is -2.29. The number of nitrogens with zero attached hydrogens (tertiary/aromatic N) is 3. The summed E-state index contributed by atoms with van der Waals surface area (Å²) in [6.07, 6.45) is 2.60. The van der Waals surface area contributed by atoms with Gasteiger partial charge in [0, 0.05) is 25.4 Å². The van der Waals surface area contributed by atoms with Gasteiger partial charge < -0.3 is 10.2 Å². The molecule has 1 aromatic carbocycles. The molecule has 124 valence electrons. The Labute approximate surface area is 135 Å². The molecule has 0 saturated carbocycles. The van der Waals surface area contributed by atoms with Crippen molar-refractivity contribution in [3.63, 3.8) is 0 Å². The number of amides is 2. The standard InChI is InChI=1S/C15H12F2N4O3/c16-10-5-9-8-20(4-2-11(9)12(17)6-10)15(22)19-13-1-3-18-7-14(13)21(23)24/h1,3,5-7H,2,4,8H2,(H,18,19,22). The molecule has 2 amide bonds. The maximum atomic E-state index is 13.7. The third kappa shape index (κ3) is 3.00. The smallest absolute Gasteiger partial charge is 0.320 e. The van der Waals surface area contributed by atoms with E-state index in [1.807, 2.05) is 0 Å². The Morgan fingerprint density at radius 1 is 1.38 bits per heavy atom. The first-order valence-corrected chi connectivity index (χ1v) is 7.07. The van der Waals surface area contributed by atoms with Gasteiger partial charge in [0.2, 0.25) is 0 Å². The van der Waals surface area contributed by atoms with E-state index in [2.05, 4.69) is 10.3 Å². The maximum absolute atomic E-state index is 13.7. The highest BCUT2D eigenvalue weighted by atomic mass is 19.1. The molecule has 1 aliphatic rings. The van der Waals surface area contributed by atoms with Crippen LogP contribution in [0.3, 0.4) is 0 Å². The second-order valence-electron chi connectivity index (χ2n) is 5.28. The van der Waals surface area contributed by atoms with Crippen molar-refractivity contribution in [2.75, 3.05) is 11.9 Å². The number of carbonyl (C=O) groups excluding carboxylic acids is 1. The van der Waals surface area contributed by atoms with E-state index in [0.717, 1.165) is 12.3 Å². The molecular weight excluding hydrogens is 322 g/mol. The van der Waals surface area contributed by atoms with Crippen molar-refractivity contribution in [2.45, 2.75) is 13.0 Å². The average molecular weight is 334 g/mol. The lowest BCUT2D eigenvalue weighted by Crippen LogP contribution is -2.39. The van der Waals surface area contributed by atoms with Gasteiger partial charge >= 0.3 is 11.7 Å². The van der Waals surface area contributed by atoms with Crippen LogP contribution in [0.4, 0.5) is 25.0 Å². The van der Waals surface area contributed by atoms with Crippen LogP contribution >= 0.6 is 0 Å². The molecule has 2 heterocycles. The summed E-state index contributed by atoms with van der Waals surface area (Å²) >= 11 is 0. The molecule has 1 aliphatic heterocycles. The number of halogens is 2. The topological polar surface area (TPSA) is 88.4 Å². The van der Waals surface area contributed by atoms with Gasteiger partial charge in [-0.25, -0.2) is 13.6 Å². The Hall–Kier alpha value is -3.10. The monoisotopic (exact) mass is 334 g/mol. The van der Waals surface area contributed by atoms with Crippen LogP contribution in [0.5, 0.6) is 0 Å². The molecule has 0 radical (unpaired) electrons. The first-order valence-electron chi connectivity index (χ1n) is 7.07. The van der Waals surface area contributed by atoms with Gasteiger partial charge in [0.1, 0.15) is 23.5 Å². The van der Waals surface area contributed by atoms with E-state index >= 15 is 0 Å². The molecule has 0 spiro atoms. The molecule has 3 rings (SSSR count). The second kappa shape index (κ2) is 6.19. The summed E-state index contributed by atoms with van der Waals surface area (Å²) in [6, 6.07) is 2.73. The number of carbonyl (C=O) groups is 1. The minimum absolute atomic E-state index is 0.0104. The molecule has 24 heavy (non-hydrogen) atoms. The van der Waals surface area contributed by atoms with Crippen LogP contribution in [0.1, 0.15) is 11.1 Å². The van der Waals surface area contributed by atoms with E-state index in [1.165, 1.54) is 23.2 Å². The average Bonchev–Trinajstić information content (AvgIpc) is 2.54. The van der Waals surface area contributed by atoms with Crippen molar-refractivity contribution < 1.29 is 18.5 Å². The summed E-state index contributed by atoms with van der Waals surface area (Å²) in [5.74, 6) is -1.34. The number of anilines is 1. The Kier molecular flexibility index (Phi) is 4.07. The normalized spacial score (nSPS) is 13.3. The lowest BCUT2D eigenvalue weighted by atomic mass is 9.99. The molecule has 0 atom stereocenters. The zero-order chi connectivity index (χ0) is 17.3. The molecule has 7 nitrogen and oxygen atoms in total. The minimum atomic E-state index is -0.710. The van der Waals surface area contributed by atoms with Crippen molar-refractivity contribution in [3.8, 4) is 0 Å². The van der Waals surface area contributed by atoms with Crippen LogP contribution in [-0.4, -0.2) is 27.4 Å². The summed E-state index contributed by atoms with van der Waals surface area (Å²) in [7, 11) is 0. The predicted octanol–water partition coefficient (Wildman–Crippen LogP) is 2.86. The van der Waals surface area contributed by atoms with Crippen molar-refractivity contribution in [3.05, 3.63) is 63.5 Å². The van der Waals surface area contributed by atoms with Crippen LogP contribution in [0.15, 0.2) is 30.6 Å². The number of rotatable bonds is 2. The van der Waals surface area contributed by atoms with Crippen molar-refractivity contribution in [1.29, 1.82) is 0 Å². The molecule has 2 aromatic rings. The van der Waals surface area contributed by atoms with Crippen LogP contribution in [-0.2, 0) is 13.0 Å². The molecule has 0 bridgehead atoms. The zero-order valence-electron chi connectivity index (χ0n) is 12.3. The Balaban J connectivity index is 1.79. The highest BCUT2D eigenvalue weighted by Gasteiger charge is 2.25. The molecule has 0 saturated heterocycles. The number of urea groups is 1. The number of hydrogen-bond acceptors (Lipinski definition) is 4. The number of nitro groups is 1. The fourth-order valence-electron chi connectivity index (χ4n) is 2.61. The summed E-state index contributed by atoms with van der Waals surface area (Å²) in [6.45, 7) is 0.245. The van der Waals surface area contributed by atoms with Crippen LogP contribution in [0.2, 0.25) is 0 Å². The lowest BCUT2D eigenvalue weighted by molar-refractivity contribution is -0.384. The van der Waals surface area contributed by atoms with E-state index in [4.69, 9.17) is 0 Å². The molecular formula is C15H12F2N4O3. The molecule has 0 unspecified atom stereocenters. The second-order valence-corrected chi connectivity index (χ2v) is 5.28. The zero-order valence-corrected chi connectivity index (χ0v) is 12.3. The summed E-state index contributed by atoms with van der Waals surface area (Å²) in [5.41, 5.74) is 0.449. The SMILES string of the molecule is O=C(Nc1ccncc1[N+](=O)[O-])N1CCc2c(F)cc(F)cc2C1. The maximum Gasteiger partial charge on any atom is 0.322 e. The summed E-state index contributed by atoms with van der Waals surface area (Å²) in [5, 5.41) is 13.4. The van der Waals surface area contributed by atoms with E-state index in [0.29, 0.717) is 11.1 Å². The summed E-state index contributed by atoms with van der Waals surface area (Å²) in [4.78, 5) is 27.6. The van der Waals surface area contributed by atoms with Gasteiger partial charge in [0.15, 0.2) is 0 Å². The van der Waals surface area contributed by atoms with E-state index in [1.54, 1.807) is 0 Å². The largest absolute Gasteiger partial charge is 0.322 e. The highest BCUT2D eigenvalue weighted by molar-refractivity contribution is 5.91. The third-order valence-electron chi connectivity index (χ3n) is 3.77. The van der Waals surface area contributed by atoms with Crippen LogP contribution in [0, 0.1) is 21.7 Å². The number of nitrogens with one attached hydrogen (secondary N) is 1. The summed E-state index contributed by atoms with van der Waals surface area (Å²) < 4.78 is 27.0. The Bertz CT molecular complexity index is 828. The number of benzene rings is 1. The van der Waals surface area contributed by atoms with Gasteiger partial charge in [0.05, 0.1) is 4.92 Å². The first-order chi connectivity index (χ1) is 11.5. The number of pyridine rings is 1. The van der Waals surface area contributed by atoms with E-state index in [9.17, 15) is 23.7 Å². The van der Waals surface area contributed by atoms with Gasteiger partial charge in [-0.3, -0.25) is 15.1 Å². The van der Waals surface area contributed by atoms with Crippen molar-refractivity contribution in [2.24, 2.45) is 0 Å².